The minimum Gasteiger partial charge on any atom is -0.379 e. The number of anilines is 1. The molecule has 3 rings (SSSR count). The number of nitrogens with one attached hydrogen (secondary N) is 3. The van der Waals surface area contributed by atoms with Crippen molar-refractivity contribution in [2.45, 2.75) is 18.0 Å². The molecule has 0 radical (unpaired) electrons. The Hall–Kier alpha value is -2.67. The van der Waals surface area contributed by atoms with E-state index >= 15 is 0 Å². The molecule has 3 N–H and O–H groups in total. The van der Waals surface area contributed by atoms with Gasteiger partial charge in [0.2, 0.25) is 20.0 Å². The van der Waals surface area contributed by atoms with Crippen molar-refractivity contribution in [2.75, 3.05) is 37.3 Å². The van der Waals surface area contributed by atoms with Gasteiger partial charge in [-0.2, -0.15) is 4.31 Å². The van der Waals surface area contributed by atoms with E-state index in [4.69, 9.17) is 4.74 Å². The average Bonchev–Trinajstić information content (AvgIpc) is 2.77. The number of benzene rings is 2. The van der Waals surface area contributed by atoms with Gasteiger partial charge in [0.05, 0.1) is 30.1 Å². The monoisotopic (exact) mass is 482 g/mol. The molecular weight excluding hydrogens is 456 g/mol. The van der Waals surface area contributed by atoms with E-state index in [-0.39, 0.29) is 18.0 Å². The maximum atomic E-state index is 12.6. The zero-order valence-electron chi connectivity index (χ0n) is 17.6. The third-order valence-electron chi connectivity index (χ3n) is 4.74. The van der Waals surface area contributed by atoms with Gasteiger partial charge in [0, 0.05) is 26.2 Å². The first-order valence-electron chi connectivity index (χ1n) is 9.89. The van der Waals surface area contributed by atoms with Crippen molar-refractivity contribution < 1.29 is 26.4 Å². The van der Waals surface area contributed by atoms with Crippen LogP contribution in [0.15, 0.2) is 53.4 Å². The second-order valence-electron chi connectivity index (χ2n) is 7.23. The van der Waals surface area contributed by atoms with Gasteiger partial charge >= 0.3 is 6.03 Å². The van der Waals surface area contributed by atoms with Gasteiger partial charge in [-0.25, -0.2) is 21.6 Å². The molecule has 174 valence electrons. The third kappa shape index (κ3) is 6.66. The van der Waals surface area contributed by atoms with Gasteiger partial charge in [-0.1, -0.05) is 30.3 Å². The van der Waals surface area contributed by atoms with Crippen molar-refractivity contribution in [1.29, 1.82) is 0 Å². The molecule has 1 heterocycles. The lowest BCUT2D eigenvalue weighted by molar-refractivity contribution is 0.0730. The van der Waals surface area contributed by atoms with Crippen LogP contribution in [0.25, 0.3) is 0 Å². The van der Waals surface area contributed by atoms with Gasteiger partial charge in [0.15, 0.2) is 0 Å². The van der Waals surface area contributed by atoms with Gasteiger partial charge in [-0.3, -0.25) is 4.72 Å². The van der Waals surface area contributed by atoms with Crippen molar-refractivity contribution in [3.05, 3.63) is 59.7 Å². The summed E-state index contributed by atoms with van der Waals surface area (Å²) in [6.45, 7) is 1.74. The van der Waals surface area contributed by atoms with Crippen LogP contribution in [0.2, 0.25) is 0 Å². The van der Waals surface area contributed by atoms with Crippen LogP contribution in [0.3, 0.4) is 0 Å². The number of hydrogen-bond acceptors (Lipinski definition) is 6. The van der Waals surface area contributed by atoms with Gasteiger partial charge in [-0.05, 0) is 29.3 Å². The van der Waals surface area contributed by atoms with E-state index in [0.29, 0.717) is 37.6 Å². The molecule has 0 saturated carbocycles. The number of nitrogens with zero attached hydrogens (tertiary/aromatic N) is 1. The number of carbonyl (C=O) groups excluding carboxylic acids is 1. The highest BCUT2D eigenvalue weighted by Gasteiger charge is 2.26. The Balaban J connectivity index is 1.52. The Kier molecular flexibility index (Phi) is 7.72. The molecule has 2 aromatic carbocycles. The standard InChI is InChI=1S/C20H26N4O6S2/c1-31(26,27)23-19-5-3-2-4-17(19)15-22-20(25)21-14-16-6-8-18(9-7-16)32(28,29)24-10-12-30-13-11-24/h2-9,23H,10-15H2,1H3,(H2,21,22,25). The fraction of sp³-hybridized carbons (Fsp3) is 0.350. The number of ether oxygens (including phenoxy) is 1. The lowest BCUT2D eigenvalue weighted by Gasteiger charge is -2.26. The highest BCUT2D eigenvalue weighted by atomic mass is 32.2. The smallest absolute Gasteiger partial charge is 0.315 e. The number of sulfonamides is 2. The predicted molar refractivity (Wildman–Crippen MR) is 120 cm³/mol. The Morgan fingerprint density at radius 3 is 2.22 bits per heavy atom. The van der Waals surface area contributed by atoms with Crippen LogP contribution in [0, 0.1) is 0 Å². The molecule has 32 heavy (non-hydrogen) atoms. The van der Waals surface area contributed by atoms with Crippen LogP contribution < -0.4 is 15.4 Å². The van der Waals surface area contributed by atoms with Crippen molar-refractivity contribution in [3.63, 3.8) is 0 Å². The summed E-state index contributed by atoms with van der Waals surface area (Å²) in [6.07, 6.45) is 1.06. The normalized spacial score (nSPS) is 15.2. The second kappa shape index (κ2) is 10.3. The number of amides is 2. The molecule has 0 atom stereocenters. The molecule has 0 spiro atoms. The molecular formula is C20H26N4O6S2. The molecule has 10 nitrogen and oxygen atoms in total. The van der Waals surface area contributed by atoms with E-state index in [1.165, 1.54) is 16.4 Å². The summed E-state index contributed by atoms with van der Waals surface area (Å²) >= 11 is 0. The summed E-state index contributed by atoms with van der Waals surface area (Å²) < 4.78 is 57.2. The molecule has 1 aliphatic heterocycles. The Morgan fingerprint density at radius 1 is 0.938 bits per heavy atom. The van der Waals surface area contributed by atoms with E-state index in [1.54, 1.807) is 36.4 Å². The summed E-state index contributed by atoms with van der Waals surface area (Å²) in [5.74, 6) is 0. The molecule has 2 amide bonds. The van der Waals surface area contributed by atoms with E-state index in [0.717, 1.165) is 11.8 Å². The van der Waals surface area contributed by atoms with Crippen LogP contribution in [-0.4, -0.2) is 59.7 Å². The molecule has 1 saturated heterocycles. The Morgan fingerprint density at radius 2 is 1.56 bits per heavy atom. The summed E-state index contributed by atoms with van der Waals surface area (Å²) in [5.41, 5.74) is 1.75. The van der Waals surface area contributed by atoms with Crippen molar-refractivity contribution >= 4 is 31.8 Å². The highest BCUT2D eigenvalue weighted by molar-refractivity contribution is 7.92. The van der Waals surface area contributed by atoms with Gasteiger partial charge in [0.1, 0.15) is 0 Å². The molecule has 1 aliphatic rings. The zero-order chi connectivity index (χ0) is 23.2. The first-order valence-corrected chi connectivity index (χ1v) is 13.2. The third-order valence-corrected chi connectivity index (χ3v) is 7.24. The second-order valence-corrected chi connectivity index (χ2v) is 10.9. The minimum absolute atomic E-state index is 0.126. The SMILES string of the molecule is CS(=O)(=O)Nc1ccccc1CNC(=O)NCc1ccc(S(=O)(=O)N2CCOCC2)cc1. The molecule has 2 aromatic rings. The molecule has 0 aromatic heterocycles. The number of rotatable bonds is 8. The quantitative estimate of drug-likeness (QED) is 0.516. The Bertz CT molecular complexity index is 1140. The molecule has 1 fully saturated rings. The number of urea groups is 1. The summed E-state index contributed by atoms with van der Waals surface area (Å²) in [4.78, 5) is 12.3. The lowest BCUT2D eigenvalue weighted by atomic mass is 10.2. The molecule has 12 heteroatoms. The van der Waals surface area contributed by atoms with Crippen molar-refractivity contribution in [2.24, 2.45) is 0 Å². The molecule has 0 unspecified atom stereocenters. The molecule has 0 aliphatic carbocycles. The van der Waals surface area contributed by atoms with Crippen LogP contribution in [0.1, 0.15) is 11.1 Å². The zero-order valence-corrected chi connectivity index (χ0v) is 19.2. The van der Waals surface area contributed by atoms with E-state index in [1.807, 2.05) is 0 Å². The van der Waals surface area contributed by atoms with Gasteiger partial charge < -0.3 is 15.4 Å². The van der Waals surface area contributed by atoms with E-state index in [9.17, 15) is 21.6 Å². The topological polar surface area (TPSA) is 134 Å². The number of carbonyl (C=O) groups is 1. The summed E-state index contributed by atoms with van der Waals surface area (Å²) in [7, 11) is -7.00. The first kappa shape index (κ1) is 24.0. The summed E-state index contributed by atoms with van der Waals surface area (Å²) in [5, 5.41) is 5.37. The maximum absolute atomic E-state index is 12.6. The highest BCUT2D eigenvalue weighted by Crippen LogP contribution is 2.18. The van der Waals surface area contributed by atoms with Crippen LogP contribution >= 0.6 is 0 Å². The van der Waals surface area contributed by atoms with Crippen LogP contribution in [0.5, 0.6) is 0 Å². The average molecular weight is 483 g/mol. The first-order chi connectivity index (χ1) is 15.1. The fourth-order valence-corrected chi connectivity index (χ4v) is 5.12. The van der Waals surface area contributed by atoms with Gasteiger partial charge in [0.25, 0.3) is 0 Å². The number of morpholine rings is 1. The minimum atomic E-state index is -3.56. The fourth-order valence-electron chi connectivity index (χ4n) is 3.11. The van der Waals surface area contributed by atoms with Gasteiger partial charge in [-0.15, -0.1) is 0 Å². The van der Waals surface area contributed by atoms with Crippen molar-refractivity contribution in [1.82, 2.24) is 14.9 Å². The van der Waals surface area contributed by atoms with Crippen LogP contribution in [0.4, 0.5) is 10.5 Å². The largest absolute Gasteiger partial charge is 0.379 e. The summed E-state index contributed by atoms with van der Waals surface area (Å²) in [6, 6.07) is 12.7. The maximum Gasteiger partial charge on any atom is 0.315 e. The lowest BCUT2D eigenvalue weighted by Crippen LogP contribution is -2.40. The predicted octanol–water partition coefficient (Wildman–Crippen LogP) is 1.08. The van der Waals surface area contributed by atoms with Crippen LogP contribution in [-0.2, 0) is 37.9 Å². The number of hydrogen-bond donors (Lipinski definition) is 3. The van der Waals surface area contributed by atoms with Crippen molar-refractivity contribution in [3.8, 4) is 0 Å². The van der Waals surface area contributed by atoms with E-state index < -0.39 is 26.1 Å². The van der Waals surface area contributed by atoms with E-state index in [2.05, 4.69) is 15.4 Å². The molecule has 0 bridgehead atoms. The number of para-hydroxylation sites is 1. The Labute approximate surface area is 188 Å².